The number of aromatic nitrogens is 2. The molecule has 8 heteroatoms. The van der Waals surface area contributed by atoms with Crippen molar-refractivity contribution in [2.24, 2.45) is 0 Å². The smallest absolute Gasteiger partial charge is 0.262 e. The lowest BCUT2D eigenvalue weighted by atomic mass is 9.83. The molecule has 0 atom stereocenters. The van der Waals surface area contributed by atoms with Gasteiger partial charge >= 0.3 is 0 Å². The van der Waals surface area contributed by atoms with Gasteiger partial charge in [0, 0.05) is 0 Å². The summed E-state index contributed by atoms with van der Waals surface area (Å²) in [6.45, 7) is 0.232. The second kappa shape index (κ2) is 8.76. The molecule has 0 radical (unpaired) electrons. The molecule has 1 aliphatic rings. The number of rotatable bonds is 6. The third-order valence-electron chi connectivity index (χ3n) is 5.35. The van der Waals surface area contributed by atoms with Crippen molar-refractivity contribution in [2.45, 2.75) is 49.3 Å². The van der Waals surface area contributed by atoms with Crippen molar-refractivity contribution < 1.29 is 9.21 Å². The van der Waals surface area contributed by atoms with Gasteiger partial charge in [-0.3, -0.25) is 14.2 Å². The Morgan fingerprint density at radius 3 is 2.77 bits per heavy atom. The summed E-state index contributed by atoms with van der Waals surface area (Å²) < 4.78 is 6.93. The number of carbonyl (C=O) groups excluding carboxylic acids is 1. The molecule has 1 aromatic carbocycles. The fourth-order valence-corrected chi connectivity index (χ4v) is 4.61. The van der Waals surface area contributed by atoms with E-state index in [2.05, 4.69) is 16.4 Å². The molecule has 1 saturated carbocycles. The number of benzene rings is 1. The van der Waals surface area contributed by atoms with E-state index in [0.717, 1.165) is 19.3 Å². The maximum Gasteiger partial charge on any atom is 0.262 e. The molecule has 30 heavy (non-hydrogen) atoms. The SMILES string of the molecule is N#CC1(NC(=O)CSc2nc3ccccc3c(=O)n2Cc2ccco2)CCCCC1. The minimum Gasteiger partial charge on any atom is -0.467 e. The van der Waals surface area contributed by atoms with Gasteiger partial charge in [-0.05, 0) is 37.1 Å². The number of hydrogen-bond acceptors (Lipinski definition) is 6. The molecule has 4 rings (SSSR count). The van der Waals surface area contributed by atoms with Crippen LogP contribution in [-0.2, 0) is 11.3 Å². The van der Waals surface area contributed by atoms with Gasteiger partial charge in [-0.25, -0.2) is 4.98 Å². The number of fused-ring (bicyclic) bond motifs is 1. The number of nitrogens with zero attached hydrogens (tertiary/aromatic N) is 3. The van der Waals surface area contributed by atoms with Gasteiger partial charge in [-0.15, -0.1) is 0 Å². The normalized spacial score (nSPS) is 15.6. The maximum absolute atomic E-state index is 13.1. The Kier molecular flexibility index (Phi) is 5.91. The van der Waals surface area contributed by atoms with E-state index in [9.17, 15) is 14.9 Å². The Labute approximate surface area is 178 Å². The van der Waals surface area contributed by atoms with Crippen molar-refractivity contribution in [3.63, 3.8) is 0 Å². The van der Waals surface area contributed by atoms with Crippen LogP contribution in [0.3, 0.4) is 0 Å². The highest BCUT2D eigenvalue weighted by molar-refractivity contribution is 7.99. The first-order valence-electron chi connectivity index (χ1n) is 9.97. The van der Waals surface area contributed by atoms with E-state index in [1.165, 1.54) is 16.3 Å². The lowest BCUT2D eigenvalue weighted by molar-refractivity contribution is -0.120. The van der Waals surface area contributed by atoms with Gasteiger partial charge in [0.05, 0.1) is 35.5 Å². The summed E-state index contributed by atoms with van der Waals surface area (Å²) >= 11 is 1.19. The third kappa shape index (κ3) is 4.26. The molecule has 154 valence electrons. The summed E-state index contributed by atoms with van der Waals surface area (Å²) in [5, 5.41) is 13.5. The van der Waals surface area contributed by atoms with E-state index in [4.69, 9.17) is 4.42 Å². The molecule has 3 aromatic rings. The molecule has 1 aliphatic carbocycles. The minimum atomic E-state index is -0.777. The van der Waals surface area contributed by atoms with Crippen LogP contribution in [0.2, 0.25) is 0 Å². The van der Waals surface area contributed by atoms with Gasteiger partial charge in [-0.2, -0.15) is 5.26 Å². The van der Waals surface area contributed by atoms with E-state index in [1.807, 2.05) is 6.07 Å². The third-order valence-corrected chi connectivity index (χ3v) is 6.33. The van der Waals surface area contributed by atoms with E-state index in [1.54, 1.807) is 36.6 Å². The van der Waals surface area contributed by atoms with Gasteiger partial charge < -0.3 is 9.73 Å². The van der Waals surface area contributed by atoms with Crippen LogP contribution in [0.5, 0.6) is 0 Å². The minimum absolute atomic E-state index is 0.0758. The molecule has 2 aromatic heterocycles. The van der Waals surface area contributed by atoms with Crippen LogP contribution in [0.4, 0.5) is 0 Å². The van der Waals surface area contributed by atoms with Crippen LogP contribution in [0.15, 0.2) is 57.0 Å². The van der Waals surface area contributed by atoms with Gasteiger partial charge in [-0.1, -0.05) is 43.2 Å². The average molecular weight is 423 g/mol. The zero-order valence-electron chi connectivity index (χ0n) is 16.5. The maximum atomic E-state index is 13.1. The first-order chi connectivity index (χ1) is 14.6. The molecule has 0 unspecified atom stereocenters. The van der Waals surface area contributed by atoms with Crippen molar-refractivity contribution in [3.8, 4) is 6.07 Å². The van der Waals surface area contributed by atoms with Crippen LogP contribution in [0, 0.1) is 11.3 Å². The van der Waals surface area contributed by atoms with Crippen molar-refractivity contribution in [1.29, 1.82) is 5.26 Å². The van der Waals surface area contributed by atoms with Gasteiger partial charge in [0.1, 0.15) is 11.3 Å². The summed E-state index contributed by atoms with van der Waals surface area (Å²) in [5.74, 6) is 0.480. The van der Waals surface area contributed by atoms with Crippen molar-refractivity contribution in [1.82, 2.24) is 14.9 Å². The number of nitriles is 1. The second-order valence-electron chi connectivity index (χ2n) is 7.47. The topological polar surface area (TPSA) is 101 Å². The van der Waals surface area contributed by atoms with Crippen molar-refractivity contribution in [3.05, 3.63) is 58.8 Å². The Morgan fingerprint density at radius 2 is 2.03 bits per heavy atom. The van der Waals surface area contributed by atoms with Gasteiger partial charge in [0.25, 0.3) is 5.56 Å². The fourth-order valence-electron chi connectivity index (χ4n) is 3.81. The van der Waals surface area contributed by atoms with Crippen LogP contribution in [0.1, 0.15) is 37.9 Å². The lowest BCUT2D eigenvalue weighted by Gasteiger charge is -2.31. The summed E-state index contributed by atoms with van der Waals surface area (Å²) in [6, 6.07) is 13.0. The Balaban J connectivity index is 1.57. The number of furan rings is 1. The predicted octanol–water partition coefficient (Wildman–Crippen LogP) is 3.47. The number of amides is 1. The monoisotopic (exact) mass is 422 g/mol. The number of carbonyl (C=O) groups is 1. The number of hydrogen-bond donors (Lipinski definition) is 1. The Hall–Kier alpha value is -3.05. The molecule has 7 nitrogen and oxygen atoms in total. The highest BCUT2D eigenvalue weighted by atomic mass is 32.2. The van der Waals surface area contributed by atoms with E-state index in [-0.39, 0.29) is 23.8 Å². The fraction of sp³-hybridized carbons (Fsp3) is 0.364. The lowest BCUT2D eigenvalue weighted by Crippen LogP contribution is -2.49. The van der Waals surface area contributed by atoms with Crippen LogP contribution < -0.4 is 10.9 Å². The molecule has 1 amide bonds. The summed E-state index contributed by atoms with van der Waals surface area (Å²) in [7, 11) is 0. The second-order valence-corrected chi connectivity index (χ2v) is 8.42. The molecule has 0 bridgehead atoms. The number of thioether (sulfide) groups is 1. The molecule has 0 saturated heterocycles. The number of para-hydroxylation sites is 1. The van der Waals surface area contributed by atoms with Gasteiger partial charge in [0.15, 0.2) is 5.16 Å². The van der Waals surface area contributed by atoms with E-state index >= 15 is 0 Å². The molecular formula is C22H22N4O3S. The first kappa shape index (κ1) is 20.2. The van der Waals surface area contributed by atoms with Crippen molar-refractivity contribution >= 4 is 28.6 Å². The molecule has 1 fully saturated rings. The predicted molar refractivity (Wildman–Crippen MR) is 114 cm³/mol. The van der Waals surface area contributed by atoms with Crippen molar-refractivity contribution in [2.75, 3.05) is 5.75 Å². The molecule has 0 aliphatic heterocycles. The summed E-state index contributed by atoms with van der Waals surface area (Å²) in [5.41, 5.74) is -0.372. The average Bonchev–Trinajstić information content (AvgIpc) is 3.28. The summed E-state index contributed by atoms with van der Waals surface area (Å²) in [6.07, 6.45) is 5.88. The zero-order valence-corrected chi connectivity index (χ0v) is 17.3. The Morgan fingerprint density at radius 1 is 1.23 bits per heavy atom. The standard InChI is InChI=1S/C22H22N4O3S/c23-15-22(10-4-1-5-11-22)25-19(27)14-30-21-24-18-9-3-2-8-17(18)20(28)26(21)13-16-7-6-12-29-16/h2-3,6-9,12H,1,4-5,10-11,13-14H2,(H,25,27). The summed E-state index contributed by atoms with van der Waals surface area (Å²) in [4.78, 5) is 30.3. The molecular weight excluding hydrogens is 400 g/mol. The Bertz CT molecular complexity index is 1140. The molecule has 0 spiro atoms. The zero-order chi connectivity index (χ0) is 21.0. The van der Waals surface area contributed by atoms with E-state index < -0.39 is 5.54 Å². The van der Waals surface area contributed by atoms with E-state index in [0.29, 0.717) is 34.7 Å². The van der Waals surface area contributed by atoms with Crippen LogP contribution >= 0.6 is 11.8 Å². The highest BCUT2D eigenvalue weighted by Gasteiger charge is 2.33. The first-order valence-corrected chi connectivity index (χ1v) is 11.0. The van der Waals surface area contributed by atoms with Gasteiger partial charge in [0.2, 0.25) is 5.91 Å². The molecule has 2 heterocycles. The quantitative estimate of drug-likeness (QED) is 0.482. The molecule has 1 N–H and O–H groups in total. The number of nitrogens with one attached hydrogen (secondary N) is 1. The largest absolute Gasteiger partial charge is 0.467 e. The van der Waals surface area contributed by atoms with Crippen LogP contribution in [-0.4, -0.2) is 26.8 Å². The van der Waals surface area contributed by atoms with Crippen LogP contribution in [0.25, 0.3) is 10.9 Å². The highest BCUT2D eigenvalue weighted by Crippen LogP contribution is 2.28.